The summed E-state index contributed by atoms with van der Waals surface area (Å²) in [6.07, 6.45) is 6.25. The summed E-state index contributed by atoms with van der Waals surface area (Å²) in [7, 11) is 0. The van der Waals surface area contributed by atoms with Crippen LogP contribution in [0.25, 0.3) is 0 Å². The lowest BCUT2D eigenvalue weighted by Crippen LogP contribution is -2.59. The molecule has 2 aliphatic rings. The summed E-state index contributed by atoms with van der Waals surface area (Å²) < 4.78 is 0. The molecule has 2 saturated heterocycles. The number of hydrogen-bond acceptors (Lipinski definition) is 4. The second-order valence-electron chi connectivity index (χ2n) is 6.31. The molecule has 21 heavy (non-hydrogen) atoms. The molecule has 2 fully saturated rings. The van der Waals surface area contributed by atoms with E-state index in [9.17, 15) is 0 Å². The fraction of sp³-hybridized carbons (Fsp3) is 0.647. The summed E-state index contributed by atoms with van der Waals surface area (Å²) in [5.74, 6) is 0. The third kappa shape index (κ3) is 2.94. The van der Waals surface area contributed by atoms with E-state index in [4.69, 9.17) is 5.73 Å². The molecule has 0 aliphatic carbocycles. The topological polar surface area (TPSA) is 32.5 Å². The number of thioether (sulfide) groups is 1. The smallest absolute Gasteiger partial charge is 0.0426 e. The lowest BCUT2D eigenvalue weighted by molar-refractivity contribution is 0.115. The SMILES string of the molecule is CSc1cccc(N2CC3CCCCN3CC2C)c1CN. The Morgan fingerprint density at radius 2 is 2.14 bits per heavy atom. The summed E-state index contributed by atoms with van der Waals surface area (Å²) in [5, 5.41) is 0. The molecule has 0 bridgehead atoms. The zero-order valence-electron chi connectivity index (χ0n) is 13.2. The summed E-state index contributed by atoms with van der Waals surface area (Å²) in [5.41, 5.74) is 8.74. The van der Waals surface area contributed by atoms with Crippen LogP contribution in [0, 0.1) is 0 Å². The maximum absolute atomic E-state index is 6.06. The highest BCUT2D eigenvalue weighted by Gasteiger charge is 2.33. The van der Waals surface area contributed by atoms with Crippen LogP contribution in [0.3, 0.4) is 0 Å². The van der Waals surface area contributed by atoms with Crippen LogP contribution >= 0.6 is 11.8 Å². The van der Waals surface area contributed by atoms with Crippen LogP contribution in [0.1, 0.15) is 31.7 Å². The molecule has 0 amide bonds. The number of nitrogens with zero attached hydrogens (tertiary/aromatic N) is 2. The maximum atomic E-state index is 6.06. The van der Waals surface area contributed by atoms with Gasteiger partial charge in [-0.3, -0.25) is 4.90 Å². The monoisotopic (exact) mass is 305 g/mol. The van der Waals surface area contributed by atoms with E-state index < -0.39 is 0 Å². The third-order valence-electron chi connectivity index (χ3n) is 5.03. The molecule has 2 unspecified atom stereocenters. The zero-order chi connectivity index (χ0) is 14.8. The van der Waals surface area contributed by atoms with Gasteiger partial charge in [0.1, 0.15) is 0 Å². The van der Waals surface area contributed by atoms with E-state index in [1.165, 1.54) is 48.5 Å². The summed E-state index contributed by atoms with van der Waals surface area (Å²) in [6, 6.07) is 7.94. The molecule has 2 atom stereocenters. The first-order chi connectivity index (χ1) is 10.2. The highest BCUT2D eigenvalue weighted by molar-refractivity contribution is 7.98. The Hall–Kier alpha value is -0.710. The Morgan fingerprint density at radius 1 is 1.29 bits per heavy atom. The Labute approximate surface area is 132 Å². The summed E-state index contributed by atoms with van der Waals surface area (Å²) >= 11 is 1.81. The van der Waals surface area contributed by atoms with Crippen LogP contribution in [-0.4, -0.2) is 42.9 Å². The first kappa shape index (κ1) is 15.2. The van der Waals surface area contributed by atoms with Gasteiger partial charge in [0.2, 0.25) is 0 Å². The number of piperidine rings is 1. The van der Waals surface area contributed by atoms with Gasteiger partial charge in [0.15, 0.2) is 0 Å². The predicted octanol–water partition coefficient (Wildman–Crippen LogP) is 2.93. The van der Waals surface area contributed by atoms with E-state index in [0.29, 0.717) is 12.6 Å². The summed E-state index contributed by atoms with van der Waals surface area (Å²) in [6.45, 7) is 6.63. The Balaban J connectivity index is 1.89. The number of nitrogens with two attached hydrogens (primary N) is 1. The van der Waals surface area contributed by atoms with Crippen molar-refractivity contribution >= 4 is 17.4 Å². The van der Waals surface area contributed by atoms with Gasteiger partial charge in [0, 0.05) is 47.9 Å². The van der Waals surface area contributed by atoms with Crippen molar-refractivity contribution in [2.24, 2.45) is 5.73 Å². The van der Waals surface area contributed by atoms with Crippen LogP contribution in [-0.2, 0) is 6.54 Å². The van der Waals surface area contributed by atoms with E-state index in [2.05, 4.69) is 41.2 Å². The van der Waals surface area contributed by atoms with Gasteiger partial charge < -0.3 is 10.6 Å². The molecule has 0 aromatic heterocycles. The van der Waals surface area contributed by atoms with Gasteiger partial charge in [-0.1, -0.05) is 12.5 Å². The van der Waals surface area contributed by atoms with Crippen molar-refractivity contribution in [3.05, 3.63) is 23.8 Å². The lowest BCUT2D eigenvalue weighted by atomic mass is 9.96. The maximum Gasteiger partial charge on any atom is 0.0426 e. The average molecular weight is 305 g/mol. The number of fused-ring (bicyclic) bond motifs is 1. The minimum absolute atomic E-state index is 0.571. The largest absolute Gasteiger partial charge is 0.366 e. The van der Waals surface area contributed by atoms with Crippen molar-refractivity contribution in [2.75, 3.05) is 30.8 Å². The van der Waals surface area contributed by atoms with E-state index in [0.717, 1.165) is 12.6 Å². The van der Waals surface area contributed by atoms with Crippen LogP contribution < -0.4 is 10.6 Å². The summed E-state index contributed by atoms with van der Waals surface area (Å²) in [4.78, 5) is 6.63. The Bertz CT molecular complexity index is 491. The number of anilines is 1. The molecule has 2 aliphatic heterocycles. The van der Waals surface area contributed by atoms with Gasteiger partial charge in [-0.05, 0) is 44.7 Å². The van der Waals surface area contributed by atoms with Gasteiger partial charge in [0.05, 0.1) is 0 Å². The number of rotatable bonds is 3. The standard InChI is InChI=1S/C17H27N3S/c1-13-11-19-9-4-3-6-14(19)12-20(13)16-7-5-8-17(21-2)15(16)10-18/h5,7-8,13-14H,3-4,6,9-12,18H2,1-2H3. The van der Waals surface area contributed by atoms with Crippen molar-refractivity contribution in [1.82, 2.24) is 4.90 Å². The van der Waals surface area contributed by atoms with E-state index in [-0.39, 0.29) is 0 Å². The Morgan fingerprint density at radius 3 is 2.90 bits per heavy atom. The minimum atomic E-state index is 0.571. The second-order valence-corrected chi connectivity index (χ2v) is 7.16. The predicted molar refractivity (Wildman–Crippen MR) is 92.1 cm³/mol. The highest BCUT2D eigenvalue weighted by atomic mass is 32.2. The number of hydrogen-bond donors (Lipinski definition) is 1. The molecule has 2 heterocycles. The fourth-order valence-corrected chi connectivity index (χ4v) is 4.56. The van der Waals surface area contributed by atoms with Gasteiger partial charge in [-0.2, -0.15) is 0 Å². The molecule has 3 nitrogen and oxygen atoms in total. The number of piperazine rings is 1. The lowest BCUT2D eigenvalue weighted by Gasteiger charge is -2.49. The van der Waals surface area contributed by atoms with Gasteiger partial charge in [-0.25, -0.2) is 0 Å². The van der Waals surface area contributed by atoms with Crippen LogP contribution in [0.2, 0.25) is 0 Å². The van der Waals surface area contributed by atoms with Crippen LogP contribution in [0.15, 0.2) is 23.1 Å². The molecule has 0 saturated carbocycles. The van der Waals surface area contributed by atoms with E-state index in [1.807, 2.05) is 0 Å². The molecule has 116 valence electrons. The van der Waals surface area contributed by atoms with Crippen LogP contribution in [0.5, 0.6) is 0 Å². The van der Waals surface area contributed by atoms with Crippen molar-refractivity contribution in [3.8, 4) is 0 Å². The number of benzene rings is 1. The Kier molecular flexibility index (Phi) is 4.77. The minimum Gasteiger partial charge on any atom is -0.366 e. The van der Waals surface area contributed by atoms with Crippen molar-refractivity contribution < 1.29 is 0 Å². The first-order valence-electron chi connectivity index (χ1n) is 8.11. The highest BCUT2D eigenvalue weighted by Crippen LogP contribution is 2.34. The van der Waals surface area contributed by atoms with Crippen molar-refractivity contribution in [2.45, 2.75) is 49.7 Å². The third-order valence-corrected chi connectivity index (χ3v) is 5.85. The molecule has 4 heteroatoms. The molecule has 0 radical (unpaired) electrons. The first-order valence-corrected chi connectivity index (χ1v) is 9.33. The molecule has 0 spiro atoms. The molecular weight excluding hydrogens is 278 g/mol. The molecule has 2 N–H and O–H groups in total. The van der Waals surface area contributed by atoms with Crippen molar-refractivity contribution in [1.29, 1.82) is 0 Å². The average Bonchev–Trinajstić information content (AvgIpc) is 2.53. The normalized spacial score (nSPS) is 26.7. The second kappa shape index (κ2) is 6.59. The molecule has 3 rings (SSSR count). The van der Waals surface area contributed by atoms with Gasteiger partial charge in [-0.15, -0.1) is 11.8 Å². The van der Waals surface area contributed by atoms with E-state index >= 15 is 0 Å². The zero-order valence-corrected chi connectivity index (χ0v) is 14.0. The fourth-order valence-electron chi connectivity index (χ4n) is 3.91. The quantitative estimate of drug-likeness (QED) is 0.870. The molecule has 1 aromatic rings. The van der Waals surface area contributed by atoms with Crippen LogP contribution in [0.4, 0.5) is 5.69 Å². The molecular formula is C17H27N3S. The van der Waals surface area contributed by atoms with Gasteiger partial charge >= 0.3 is 0 Å². The van der Waals surface area contributed by atoms with Crippen molar-refractivity contribution in [3.63, 3.8) is 0 Å². The van der Waals surface area contributed by atoms with E-state index in [1.54, 1.807) is 11.8 Å². The molecule has 1 aromatic carbocycles. The van der Waals surface area contributed by atoms with Gasteiger partial charge in [0.25, 0.3) is 0 Å².